The third kappa shape index (κ3) is 4.08. The number of nitrogens with one attached hydrogen (secondary N) is 2. The predicted octanol–water partition coefficient (Wildman–Crippen LogP) is 2.17. The molecule has 1 aromatic rings. The molecule has 0 fully saturated rings. The predicted molar refractivity (Wildman–Crippen MR) is 80.6 cm³/mol. The first-order valence-electron chi connectivity index (χ1n) is 5.70. The summed E-state index contributed by atoms with van der Waals surface area (Å²) in [4.78, 5) is 10.4. The molecule has 0 atom stereocenters. The molecule has 9 heteroatoms. The van der Waals surface area contributed by atoms with E-state index in [2.05, 4.69) is 30.9 Å². The van der Waals surface area contributed by atoms with Gasteiger partial charge in [0.2, 0.25) is 0 Å². The van der Waals surface area contributed by atoms with Crippen molar-refractivity contribution in [3.63, 3.8) is 0 Å². The molecule has 0 aliphatic carbocycles. The second-order valence-electron chi connectivity index (χ2n) is 3.84. The van der Waals surface area contributed by atoms with E-state index in [4.69, 9.17) is 0 Å². The Morgan fingerprint density at radius 1 is 1.68 bits per heavy atom. The second kappa shape index (κ2) is 7.11. The summed E-state index contributed by atoms with van der Waals surface area (Å²) in [5.74, 6) is 2.29. The Balaban J connectivity index is 1.68. The molecule has 2 heterocycles. The van der Waals surface area contributed by atoms with Crippen molar-refractivity contribution < 1.29 is 4.92 Å². The molecule has 0 bridgehead atoms. The first kappa shape index (κ1) is 14.6. The van der Waals surface area contributed by atoms with Crippen molar-refractivity contribution in [2.75, 3.05) is 18.8 Å². The van der Waals surface area contributed by atoms with Crippen molar-refractivity contribution in [3.05, 3.63) is 37.2 Å². The highest BCUT2D eigenvalue weighted by atomic mass is 79.9. The fraction of sp³-hybridized carbons (Fsp3) is 0.500. The molecule has 1 aromatic heterocycles. The van der Waals surface area contributed by atoms with Crippen LogP contribution in [0.15, 0.2) is 21.4 Å². The Labute approximate surface area is 127 Å². The van der Waals surface area contributed by atoms with Crippen LogP contribution in [0, 0.1) is 10.1 Å². The van der Waals surface area contributed by atoms with Crippen molar-refractivity contribution in [2.24, 2.45) is 0 Å². The van der Waals surface area contributed by atoms with E-state index >= 15 is 0 Å². The fourth-order valence-electron chi connectivity index (χ4n) is 1.64. The third-order valence-corrected chi connectivity index (χ3v) is 5.18. The summed E-state index contributed by atoms with van der Waals surface area (Å²) in [5, 5.41) is 18.8. The topological polar surface area (TPSA) is 80.1 Å². The molecule has 0 saturated heterocycles. The maximum absolute atomic E-state index is 10.7. The summed E-state index contributed by atoms with van der Waals surface area (Å²) in [7, 11) is 0. The average Bonchev–Trinajstić information content (AvgIpc) is 2.98. The molecule has 0 spiro atoms. The van der Waals surface area contributed by atoms with Crippen LogP contribution in [0.4, 0.5) is 0 Å². The molecule has 1 aliphatic heterocycles. The number of nitro groups is 1. The van der Waals surface area contributed by atoms with Crippen molar-refractivity contribution in [3.8, 4) is 0 Å². The van der Waals surface area contributed by atoms with Gasteiger partial charge in [-0.25, -0.2) is 0 Å². The van der Waals surface area contributed by atoms with E-state index in [0.717, 1.165) is 21.7 Å². The van der Waals surface area contributed by atoms with Gasteiger partial charge >= 0.3 is 0 Å². The van der Waals surface area contributed by atoms with Gasteiger partial charge in [0.05, 0.1) is 21.5 Å². The van der Waals surface area contributed by atoms with Gasteiger partial charge in [0.15, 0.2) is 5.82 Å². The Hall–Kier alpha value is -0.800. The van der Waals surface area contributed by atoms with E-state index in [9.17, 15) is 10.1 Å². The molecular formula is C10H13BrN4O2S2. The van der Waals surface area contributed by atoms with Crippen LogP contribution >= 0.6 is 39.2 Å². The van der Waals surface area contributed by atoms with Crippen LogP contribution in [0.1, 0.15) is 12.1 Å². The zero-order chi connectivity index (χ0) is 13.7. The van der Waals surface area contributed by atoms with Crippen LogP contribution in [0.2, 0.25) is 0 Å². The van der Waals surface area contributed by atoms with Crippen LogP contribution in [0.5, 0.6) is 0 Å². The maximum Gasteiger partial charge on any atom is 0.287 e. The molecule has 19 heavy (non-hydrogen) atoms. The highest BCUT2D eigenvalue weighted by molar-refractivity contribution is 9.10. The third-order valence-electron chi connectivity index (χ3n) is 2.55. The quantitative estimate of drug-likeness (QED) is 0.438. The number of rotatable bonds is 7. The highest BCUT2D eigenvalue weighted by Crippen LogP contribution is 2.22. The highest BCUT2D eigenvalue weighted by Gasteiger charge is 2.23. The Morgan fingerprint density at radius 3 is 3.21 bits per heavy atom. The average molecular weight is 365 g/mol. The number of hydrogen-bond donors (Lipinski definition) is 2. The Morgan fingerprint density at radius 2 is 2.53 bits per heavy atom. The summed E-state index contributed by atoms with van der Waals surface area (Å²) in [6, 6.07) is 0. The summed E-state index contributed by atoms with van der Waals surface area (Å²) < 4.78 is 5.32. The molecule has 1 aliphatic rings. The molecule has 0 radical (unpaired) electrons. The van der Waals surface area contributed by atoms with Gasteiger partial charge in [0.25, 0.3) is 5.70 Å². The van der Waals surface area contributed by atoms with Gasteiger partial charge in [-0.1, -0.05) is 0 Å². The number of nitrogens with zero attached hydrogens (tertiary/aromatic N) is 2. The lowest BCUT2D eigenvalue weighted by molar-refractivity contribution is -0.427. The van der Waals surface area contributed by atoms with Gasteiger partial charge in [-0.3, -0.25) is 10.1 Å². The van der Waals surface area contributed by atoms with Gasteiger partial charge in [0.1, 0.15) is 0 Å². The van der Waals surface area contributed by atoms with Crippen molar-refractivity contribution in [1.82, 2.24) is 15.0 Å². The minimum atomic E-state index is -0.318. The lowest BCUT2D eigenvalue weighted by atomic mass is 10.4. The molecule has 0 unspecified atom stereocenters. The van der Waals surface area contributed by atoms with E-state index in [1.54, 1.807) is 11.8 Å². The number of hydrogen-bond acceptors (Lipinski definition) is 7. The first-order valence-corrected chi connectivity index (χ1v) is 8.48. The monoisotopic (exact) mass is 364 g/mol. The normalized spacial score (nSPS) is 14.6. The zero-order valence-corrected chi connectivity index (χ0v) is 13.2. The van der Waals surface area contributed by atoms with Crippen molar-refractivity contribution >= 4 is 39.2 Å². The fourth-order valence-corrected chi connectivity index (χ4v) is 3.88. The van der Waals surface area contributed by atoms with E-state index in [0.29, 0.717) is 25.3 Å². The number of halogens is 1. The van der Waals surface area contributed by atoms with Crippen LogP contribution < -0.4 is 10.6 Å². The van der Waals surface area contributed by atoms with Gasteiger partial charge in [-0.15, -0.1) is 0 Å². The number of aromatic nitrogens is 1. The summed E-state index contributed by atoms with van der Waals surface area (Å²) in [5.41, 5.74) is 1.31. The molecular weight excluding hydrogens is 352 g/mol. The molecule has 6 nitrogen and oxygen atoms in total. The molecule has 0 amide bonds. The van der Waals surface area contributed by atoms with Crippen LogP contribution in [-0.4, -0.2) is 28.1 Å². The lowest BCUT2D eigenvalue weighted by Crippen LogP contribution is -2.26. The van der Waals surface area contributed by atoms with Gasteiger partial charge in [0, 0.05) is 30.0 Å². The second-order valence-corrected chi connectivity index (χ2v) is 6.43. The Bertz CT molecular complexity index is 492. The lowest BCUT2D eigenvalue weighted by Gasteiger charge is -2.06. The van der Waals surface area contributed by atoms with Gasteiger partial charge < -0.3 is 10.6 Å². The smallest absolute Gasteiger partial charge is 0.287 e. The molecule has 0 saturated carbocycles. The maximum atomic E-state index is 10.7. The van der Waals surface area contributed by atoms with Crippen LogP contribution in [0.25, 0.3) is 0 Å². The van der Waals surface area contributed by atoms with E-state index in [1.165, 1.54) is 11.5 Å². The van der Waals surface area contributed by atoms with Gasteiger partial charge in [-0.2, -0.15) is 16.1 Å². The van der Waals surface area contributed by atoms with Gasteiger partial charge in [-0.05, 0) is 27.5 Å². The summed E-state index contributed by atoms with van der Waals surface area (Å²) in [6.07, 6.45) is 0.480. The van der Waals surface area contributed by atoms with E-state index in [-0.39, 0.29) is 10.6 Å². The molecule has 104 valence electrons. The molecule has 2 N–H and O–H groups in total. The summed E-state index contributed by atoms with van der Waals surface area (Å²) in [6.45, 7) is 1.34. The van der Waals surface area contributed by atoms with Crippen molar-refractivity contribution in [1.29, 1.82) is 0 Å². The van der Waals surface area contributed by atoms with Crippen LogP contribution in [0.3, 0.4) is 0 Å². The largest absolute Gasteiger partial charge is 0.366 e. The standard InChI is InChI=1S/C10H13BrN4O2S2/c11-7-5-19-14-8(7)6-18-4-3-13-10-9(15(16)17)1-2-12-10/h5,12-13H,1-4,6H2. The van der Waals surface area contributed by atoms with Crippen LogP contribution in [-0.2, 0) is 5.75 Å². The first-order chi connectivity index (χ1) is 9.18. The SMILES string of the molecule is O=[N+]([O-])C1=C(NCCSCc2nscc2Br)NCC1. The zero-order valence-electron chi connectivity index (χ0n) is 10.0. The Kier molecular flexibility index (Phi) is 5.46. The molecule has 0 aromatic carbocycles. The van der Waals surface area contributed by atoms with E-state index < -0.39 is 0 Å². The minimum absolute atomic E-state index is 0.257. The van der Waals surface area contributed by atoms with E-state index in [1.807, 2.05) is 5.38 Å². The minimum Gasteiger partial charge on any atom is -0.366 e. The van der Waals surface area contributed by atoms with Crippen molar-refractivity contribution in [2.45, 2.75) is 12.2 Å². The number of thioether (sulfide) groups is 1. The summed E-state index contributed by atoms with van der Waals surface area (Å²) >= 11 is 6.62. The molecule has 2 rings (SSSR count).